The summed E-state index contributed by atoms with van der Waals surface area (Å²) in [5.74, 6) is 1.62. The lowest BCUT2D eigenvalue weighted by Crippen LogP contribution is -2.09. The van der Waals surface area contributed by atoms with Crippen LogP contribution >= 0.6 is 0 Å². The zero-order valence-corrected chi connectivity index (χ0v) is 34.0. The molecule has 0 amide bonds. The van der Waals surface area contributed by atoms with Crippen molar-refractivity contribution in [1.29, 1.82) is 0 Å². The van der Waals surface area contributed by atoms with Gasteiger partial charge in [-0.25, -0.2) is 0 Å². The van der Waals surface area contributed by atoms with Crippen LogP contribution in [0.2, 0.25) is 0 Å². The van der Waals surface area contributed by atoms with Crippen LogP contribution in [0.3, 0.4) is 0 Å². The maximum Gasteiger partial charge on any atom is 0.132 e. The lowest BCUT2D eigenvalue weighted by Gasteiger charge is -2.07. The van der Waals surface area contributed by atoms with Crippen molar-refractivity contribution in [3.8, 4) is 0 Å². The van der Waals surface area contributed by atoms with Crippen LogP contribution in [0.5, 0.6) is 0 Å². The number of ketones is 4. The molecule has 280 valence electrons. The first-order valence-electron chi connectivity index (χ1n) is 18.6. The highest BCUT2D eigenvalue weighted by atomic mass is 16.1. The summed E-state index contributed by atoms with van der Waals surface area (Å²) in [5, 5.41) is 0. The smallest absolute Gasteiger partial charge is 0.132 e. The molecular weight excluding hydrogens is 641 g/mol. The van der Waals surface area contributed by atoms with Gasteiger partial charge in [-0.2, -0.15) is 0 Å². The van der Waals surface area contributed by atoms with E-state index >= 15 is 0 Å². The molecule has 4 atom stereocenters. The number of carbonyl (C=O) groups excluding carboxylic acids is 4. The zero-order valence-electron chi connectivity index (χ0n) is 34.0. The van der Waals surface area contributed by atoms with Gasteiger partial charge in [-0.15, -0.1) is 0 Å². The predicted octanol–water partition coefficient (Wildman–Crippen LogP) is 11.1. The Bertz CT molecular complexity index is 1390. The lowest BCUT2D eigenvalue weighted by atomic mass is 9.97. The first-order valence-corrected chi connectivity index (χ1v) is 18.6. The molecule has 52 heavy (non-hydrogen) atoms. The number of hydrogen-bond donors (Lipinski definition) is 0. The fraction of sp³-hybridized carbons (Fsp3) is 0.417. The third-order valence-electron chi connectivity index (χ3n) is 9.43. The summed E-state index contributed by atoms with van der Waals surface area (Å²) in [6, 6.07) is 33.4. The second-order valence-corrected chi connectivity index (χ2v) is 14.8. The van der Waals surface area contributed by atoms with Crippen LogP contribution in [-0.2, 0) is 44.9 Å². The van der Waals surface area contributed by atoms with E-state index in [1.165, 1.54) is 44.5 Å². The molecule has 0 bridgehead atoms. The fourth-order valence-corrected chi connectivity index (χ4v) is 4.89. The summed E-state index contributed by atoms with van der Waals surface area (Å²) in [6.07, 6.45) is 3.43. The molecule has 0 N–H and O–H groups in total. The van der Waals surface area contributed by atoms with Crippen LogP contribution in [-0.4, -0.2) is 23.1 Å². The molecule has 4 heteroatoms. The Kier molecular flexibility index (Phi) is 21.0. The largest absolute Gasteiger partial charge is 0.300 e. The van der Waals surface area contributed by atoms with E-state index in [1.54, 1.807) is 27.7 Å². The van der Waals surface area contributed by atoms with Crippen molar-refractivity contribution < 1.29 is 19.2 Å². The Morgan fingerprint density at radius 3 is 0.577 bits per heavy atom. The number of rotatable bonds is 12. The Morgan fingerprint density at radius 1 is 0.327 bits per heavy atom. The molecule has 0 aliphatic rings. The van der Waals surface area contributed by atoms with Gasteiger partial charge >= 0.3 is 0 Å². The van der Waals surface area contributed by atoms with Gasteiger partial charge in [-0.05, 0) is 103 Å². The summed E-state index contributed by atoms with van der Waals surface area (Å²) < 4.78 is 0. The molecule has 0 aliphatic carbocycles. The normalized spacial score (nSPS) is 12.5. The molecular formula is C48H64O4. The van der Waals surface area contributed by atoms with Crippen molar-refractivity contribution in [3.63, 3.8) is 0 Å². The predicted molar refractivity (Wildman–Crippen MR) is 219 cm³/mol. The summed E-state index contributed by atoms with van der Waals surface area (Å²) in [6.45, 7) is 22.8. The molecule has 0 aromatic heterocycles. The Hall–Kier alpha value is -4.44. The van der Waals surface area contributed by atoms with Gasteiger partial charge in [-0.1, -0.05) is 147 Å². The van der Waals surface area contributed by atoms with E-state index < -0.39 is 0 Å². The van der Waals surface area contributed by atoms with Gasteiger partial charge in [0.2, 0.25) is 0 Å². The average molecular weight is 705 g/mol. The molecule has 4 rings (SSSR count). The molecule has 0 heterocycles. The van der Waals surface area contributed by atoms with Crippen LogP contribution in [0.25, 0.3) is 0 Å². The van der Waals surface area contributed by atoms with Crippen LogP contribution < -0.4 is 0 Å². The number of hydrogen-bond acceptors (Lipinski definition) is 4. The molecule has 0 spiro atoms. The van der Waals surface area contributed by atoms with Gasteiger partial charge in [0.25, 0.3) is 0 Å². The summed E-state index contributed by atoms with van der Waals surface area (Å²) in [5.41, 5.74) is 10.0. The first-order chi connectivity index (χ1) is 24.4. The van der Waals surface area contributed by atoms with Gasteiger partial charge in [0, 0.05) is 23.7 Å². The maximum absolute atomic E-state index is 11.0. The second kappa shape index (κ2) is 23.9. The molecule has 0 unspecified atom stereocenters. The molecule has 4 aromatic carbocycles. The van der Waals surface area contributed by atoms with Gasteiger partial charge in [0.05, 0.1) is 0 Å². The molecule has 4 nitrogen and oxygen atoms in total. The van der Waals surface area contributed by atoms with E-state index in [0.29, 0.717) is 0 Å². The first kappa shape index (κ1) is 45.6. The van der Waals surface area contributed by atoms with Gasteiger partial charge in [0.1, 0.15) is 23.1 Å². The van der Waals surface area contributed by atoms with Crippen molar-refractivity contribution in [3.05, 3.63) is 142 Å². The Balaban J connectivity index is 0.000000347. The highest BCUT2D eigenvalue weighted by molar-refractivity contribution is 5.79. The maximum atomic E-state index is 11.0. The Morgan fingerprint density at radius 2 is 0.462 bits per heavy atom. The standard InChI is InChI=1S/4C12H16O/c4*1-9-4-6-12(7-5-9)8-10(2)11(3)13/h4*4-7,10H,8H2,1-3H3/t4*10-/m1111/s1. The monoisotopic (exact) mass is 704 g/mol. The van der Waals surface area contributed by atoms with Gasteiger partial charge in [-0.3, -0.25) is 19.2 Å². The minimum absolute atomic E-state index is 0.141. The van der Waals surface area contributed by atoms with Crippen LogP contribution in [0.4, 0.5) is 0 Å². The quantitative estimate of drug-likeness (QED) is 0.147. The molecule has 0 saturated carbocycles. The molecule has 0 aliphatic heterocycles. The lowest BCUT2D eigenvalue weighted by molar-refractivity contribution is -0.121. The highest BCUT2D eigenvalue weighted by Crippen LogP contribution is 2.13. The van der Waals surface area contributed by atoms with E-state index in [4.69, 9.17) is 0 Å². The second-order valence-electron chi connectivity index (χ2n) is 14.8. The van der Waals surface area contributed by atoms with Crippen molar-refractivity contribution in [2.45, 2.75) is 109 Å². The number of carbonyl (C=O) groups is 4. The van der Waals surface area contributed by atoms with Gasteiger partial charge in [0.15, 0.2) is 0 Å². The van der Waals surface area contributed by atoms with E-state index in [-0.39, 0.29) is 46.8 Å². The third-order valence-corrected chi connectivity index (χ3v) is 9.43. The third kappa shape index (κ3) is 19.8. The van der Waals surface area contributed by atoms with Crippen LogP contribution in [0, 0.1) is 51.4 Å². The van der Waals surface area contributed by atoms with Crippen molar-refractivity contribution in [2.24, 2.45) is 23.7 Å². The van der Waals surface area contributed by atoms with Crippen molar-refractivity contribution >= 4 is 23.1 Å². The molecule has 0 fully saturated rings. The fourth-order valence-electron chi connectivity index (χ4n) is 4.89. The summed E-state index contributed by atoms with van der Waals surface area (Å²) >= 11 is 0. The number of aryl methyl sites for hydroxylation is 4. The van der Waals surface area contributed by atoms with E-state index in [9.17, 15) is 19.2 Å². The van der Waals surface area contributed by atoms with Crippen molar-refractivity contribution in [2.75, 3.05) is 0 Å². The van der Waals surface area contributed by atoms with E-state index in [0.717, 1.165) is 25.7 Å². The molecule has 0 radical (unpaired) electrons. The van der Waals surface area contributed by atoms with Gasteiger partial charge < -0.3 is 0 Å². The van der Waals surface area contributed by atoms with Crippen LogP contribution in [0.1, 0.15) is 99.9 Å². The Labute approximate surface area is 315 Å². The summed E-state index contributed by atoms with van der Waals surface area (Å²) in [7, 11) is 0. The highest BCUT2D eigenvalue weighted by Gasteiger charge is 2.10. The van der Waals surface area contributed by atoms with Crippen LogP contribution in [0.15, 0.2) is 97.1 Å². The zero-order chi connectivity index (χ0) is 39.4. The van der Waals surface area contributed by atoms with Crippen molar-refractivity contribution in [1.82, 2.24) is 0 Å². The topological polar surface area (TPSA) is 68.3 Å². The van der Waals surface area contributed by atoms with E-state index in [2.05, 4.69) is 125 Å². The molecule has 4 aromatic rings. The SMILES string of the molecule is CC(=O)[C@H](C)Cc1ccc(C)cc1.CC(=O)[C@H](C)Cc1ccc(C)cc1.CC(=O)[C@H](C)Cc1ccc(C)cc1.CC(=O)[C@H](C)Cc1ccc(C)cc1. The molecule has 0 saturated heterocycles. The minimum atomic E-state index is 0.141. The summed E-state index contributed by atoms with van der Waals surface area (Å²) in [4.78, 5) is 44.1. The number of Topliss-reactive ketones (excluding diaryl/α,β-unsaturated/α-hetero) is 4. The number of benzene rings is 4. The minimum Gasteiger partial charge on any atom is -0.300 e. The average Bonchev–Trinajstić information content (AvgIpc) is 3.09. The van der Waals surface area contributed by atoms with E-state index in [1.807, 2.05) is 27.7 Å².